The Kier molecular flexibility index (Phi) is 30.9. The van der Waals surface area contributed by atoms with Crippen molar-refractivity contribution in [2.45, 2.75) is 106 Å². The first kappa shape index (κ1) is 65.4. The summed E-state index contributed by atoms with van der Waals surface area (Å²) < 4.78 is 76.4. The molecular formula is C50H89N9O17SSi. The Hall–Kier alpha value is -3.43. The summed E-state index contributed by atoms with van der Waals surface area (Å²) in [6.07, 6.45) is 3.17. The number of nitrogens with one attached hydrogen (secondary N) is 4. The topological polar surface area (TPSA) is 309 Å². The van der Waals surface area contributed by atoms with Gasteiger partial charge in [0.2, 0.25) is 11.8 Å². The smallest absolute Gasteiger partial charge is 0.315 e. The molecule has 0 spiro atoms. The number of rotatable bonds is 45. The van der Waals surface area contributed by atoms with Crippen LogP contribution in [0.3, 0.4) is 0 Å². The van der Waals surface area contributed by atoms with Gasteiger partial charge in [-0.15, -0.1) is 0 Å². The number of fused-ring (bicyclic) bond motifs is 2. The predicted molar refractivity (Wildman–Crippen MR) is 291 cm³/mol. The molecule has 3 aliphatic heterocycles. The van der Waals surface area contributed by atoms with Crippen molar-refractivity contribution >= 4 is 54.9 Å². The number of nitrogens with zero attached hydrogens (tertiary/aromatic N) is 4. The number of urea groups is 1. The molecule has 2 aromatic rings. The van der Waals surface area contributed by atoms with Crippen molar-refractivity contribution in [1.29, 1.82) is 0 Å². The molecule has 4 amide bonds. The van der Waals surface area contributed by atoms with E-state index < -0.39 is 32.9 Å². The highest BCUT2D eigenvalue weighted by molar-refractivity contribution is 8.00. The van der Waals surface area contributed by atoms with Crippen LogP contribution in [0.15, 0.2) is 12.7 Å². The number of imidazole rings is 1. The zero-order chi connectivity index (χ0) is 55.9. The minimum Gasteiger partial charge on any atom is -0.408 e. The second-order valence-electron chi connectivity index (χ2n) is 20.1. The molecule has 78 heavy (non-hydrogen) atoms. The molecule has 0 aromatic carbocycles. The second kappa shape index (κ2) is 36.8. The maximum Gasteiger partial charge on any atom is 0.315 e. The van der Waals surface area contributed by atoms with Crippen LogP contribution in [0.2, 0.25) is 18.1 Å². The fourth-order valence-electron chi connectivity index (χ4n) is 8.16. The monoisotopic (exact) mass is 1150 g/mol. The Bertz CT molecular complexity index is 2000. The summed E-state index contributed by atoms with van der Waals surface area (Å²) in [6.45, 7) is 19.3. The number of thioether (sulfide) groups is 1. The first-order valence-corrected chi connectivity index (χ1v) is 31.2. The molecule has 3 aliphatic rings. The highest BCUT2D eigenvalue weighted by atomic mass is 32.2. The molecule has 2 aromatic heterocycles. The zero-order valence-electron chi connectivity index (χ0n) is 46.5. The fraction of sp³-hybridized carbons (Fsp3) is 0.840. The number of aliphatic hydroxyl groups is 1. The Balaban J connectivity index is 0.721. The molecule has 0 bridgehead atoms. The van der Waals surface area contributed by atoms with Crippen molar-refractivity contribution < 1.29 is 80.8 Å². The highest BCUT2D eigenvalue weighted by Gasteiger charge is 2.52. The largest absolute Gasteiger partial charge is 0.408 e. The summed E-state index contributed by atoms with van der Waals surface area (Å²) >= 11 is 1.90. The Morgan fingerprint density at radius 1 is 0.731 bits per heavy atom. The number of nitrogen functional groups attached to an aromatic ring is 1. The minimum absolute atomic E-state index is 0.0329. The normalized spacial score (nSPS) is 21.3. The standard InChI is InChI=1S/C50H89N9O17SSi/c1-50(2,3)78(4,5)76-44-38(32-60)75-48(59-36-56-43-46(51)54-35-55-47(43)59)45(44)74-33-41(62)53-11-13-65-15-17-67-19-21-69-23-25-71-27-29-73-31-30-72-28-26-70-24-22-68-20-18-66-16-14-64-12-10-52-40(61)9-7-6-8-39-42-37(34-77-39)57-49(63)58-42/h35-39,42,44-45,48,60H,6-34H2,1-5H3,(H,52,61)(H,53,62)(H2,51,54,55)(H2,57,58,63)/t37-,38+,39-,42-,44+,45+,48?/m0/s1. The molecule has 5 rings (SSSR count). The number of unbranched alkanes of at least 4 members (excludes halogenated alkanes) is 1. The Morgan fingerprint density at radius 3 is 1.73 bits per heavy atom. The van der Waals surface area contributed by atoms with E-state index in [1.165, 1.54) is 12.7 Å². The Morgan fingerprint density at radius 2 is 1.23 bits per heavy atom. The number of aliphatic hydroxyl groups excluding tert-OH is 1. The summed E-state index contributed by atoms with van der Waals surface area (Å²) in [5.74, 6) is 0.850. The fourth-order valence-corrected chi connectivity index (χ4v) is 11.0. The lowest BCUT2D eigenvalue weighted by molar-refractivity contribution is -0.132. The molecule has 446 valence electrons. The predicted octanol–water partition coefficient (Wildman–Crippen LogP) is 1.20. The van der Waals surface area contributed by atoms with E-state index in [9.17, 15) is 19.5 Å². The molecule has 0 radical (unpaired) electrons. The lowest BCUT2D eigenvalue weighted by atomic mass is 10.0. The van der Waals surface area contributed by atoms with Crippen LogP contribution in [0, 0.1) is 0 Å². The maximum absolute atomic E-state index is 12.9. The molecular weight excluding hydrogens is 1060 g/mol. The number of amides is 4. The third kappa shape index (κ3) is 23.6. The molecule has 3 saturated heterocycles. The number of nitrogens with two attached hydrogens (primary N) is 1. The summed E-state index contributed by atoms with van der Waals surface area (Å²) in [4.78, 5) is 49.3. The number of anilines is 1. The van der Waals surface area contributed by atoms with Crippen molar-refractivity contribution in [2.24, 2.45) is 0 Å². The second-order valence-corrected chi connectivity index (χ2v) is 26.2. The van der Waals surface area contributed by atoms with Crippen LogP contribution in [0.25, 0.3) is 11.2 Å². The van der Waals surface area contributed by atoms with Crippen molar-refractivity contribution in [2.75, 3.05) is 170 Å². The van der Waals surface area contributed by atoms with E-state index in [0.717, 1.165) is 25.0 Å². The van der Waals surface area contributed by atoms with Gasteiger partial charge in [0.1, 0.15) is 36.8 Å². The molecule has 7 N–H and O–H groups in total. The van der Waals surface area contributed by atoms with E-state index in [2.05, 4.69) is 70.1 Å². The van der Waals surface area contributed by atoms with E-state index in [1.54, 1.807) is 4.57 Å². The number of carbonyl (C=O) groups excluding carboxylic acids is 3. The van der Waals surface area contributed by atoms with Gasteiger partial charge in [-0.05, 0) is 31.0 Å². The minimum atomic E-state index is -2.38. The first-order valence-electron chi connectivity index (χ1n) is 27.3. The summed E-state index contributed by atoms with van der Waals surface area (Å²) in [5.41, 5.74) is 6.87. The first-order chi connectivity index (χ1) is 37.8. The van der Waals surface area contributed by atoms with Crippen molar-refractivity contribution in [3.8, 4) is 0 Å². The third-order valence-electron chi connectivity index (χ3n) is 13.3. The van der Waals surface area contributed by atoms with Crippen LogP contribution in [0.4, 0.5) is 10.6 Å². The van der Waals surface area contributed by atoms with Gasteiger partial charge in [-0.25, -0.2) is 19.7 Å². The summed E-state index contributed by atoms with van der Waals surface area (Å²) in [6, 6.07) is 0.377. The van der Waals surface area contributed by atoms with E-state index in [1.807, 2.05) is 11.8 Å². The zero-order valence-corrected chi connectivity index (χ0v) is 48.3. The third-order valence-corrected chi connectivity index (χ3v) is 19.3. The number of aromatic nitrogens is 4. The SMILES string of the molecule is CC(C)(C)[Si](C)(C)O[C@@H]1[C@@H](CO)OC(n2cnc3c(N)ncnc32)[C@@H]1OCC(=O)NCCOCCOCCOCCOCCOCCOCCOCCOCCOCCOCCNC(=O)CCCC[C@@H]1SC[C@@H]2NC(=O)N[C@@H]21. The van der Waals surface area contributed by atoms with Crippen molar-refractivity contribution in [1.82, 2.24) is 40.8 Å². The van der Waals surface area contributed by atoms with Gasteiger partial charge in [-0.2, -0.15) is 11.8 Å². The lowest BCUT2D eigenvalue weighted by Crippen LogP contribution is -2.50. The number of hydrogen-bond donors (Lipinski definition) is 6. The maximum atomic E-state index is 12.9. The average Bonchev–Trinajstić information content (AvgIpc) is 4.22. The lowest BCUT2D eigenvalue weighted by Gasteiger charge is -2.40. The van der Waals surface area contributed by atoms with E-state index in [-0.39, 0.29) is 67.2 Å². The van der Waals surface area contributed by atoms with E-state index in [0.29, 0.717) is 155 Å². The number of carbonyl (C=O) groups is 3. The van der Waals surface area contributed by atoms with Gasteiger partial charge in [-0.3, -0.25) is 14.2 Å². The van der Waals surface area contributed by atoms with Gasteiger partial charge < -0.3 is 93.4 Å². The molecule has 0 aliphatic carbocycles. The summed E-state index contributed by atoms with van der Waals surface area (Å²) in [7, 11) is -2.38. The molecule has 1 unspecified atom stereocenters. The van der Waals surface area contributed by atoms with Gasteiger partial charge in [0.25, 0.3) is 0 Å². The van der Waals surface area contributed by atoms with Crippen LogP contribution in [0.1, 0.15) is 52.7 Å². The number of ether oxygens (including phenoxy) is 12. The van der Waals surface area contributed by atoms with Crippen LogP contribution < -0.4 is 27.0 Å². The Labute approximate surface area is 464 Å². The van der Waals surface area contributed by atoms with Gasteiger partial charge in [-0.1, -0.05) is 27.2 Å². The highest BCUT2D eigenvalue weighted by Crippen LogP contribution is 2.43. The van der Waals surface area contributed by atoms with Crippen molar-refractivity contribution in [3.05, 3.63) is 12.7 Å². The van der Waals surface area contributed by atoms with E-state index >= 15 is 0 Å². The number of hydrogen-bond acceptors (Lipinski definition) is 22. The van der Waals surface area contributed by atoms with Gasteiger partial charge in [0, 0.05) is 30.5 Å². The van der Waals surface area contributed by atoms with Crippen LogP contribution in [0.5, 0.6) is 0 Å². The van der Waals surface area contributed by atoms with E-state index in [4.69, 9.17) is 67.0 Å². The molecule has 7 atom stereocenters. The molecule has 0 saturated carbocycles. The average molecular weight is 1150 g/mol. The van der Waals surface area contributed by atoms with Gasteiger partial charge >= 0.3 is 6.03 Å². The van der Waals surface area contributed by atoms with Crippen molar-refractivity contribution in [3.63, 3.8) is 0 Å². The summed E-state index contributed by atoms with van der Waals surface area (Å²) in [5, 5.41) is 22.3. The molecule has 3 fully saturated rings. The van der Waals surface area contributed by atoms with Gasteiger partial charge in [0.15, 0.2) is 26.0 Å². The van der Waals surface area contributed by atoms with Crippen LogP contribution >= 0.6 is 11.8 Å². The molecule has 5 heterocycles. The van der Waals surface area contributed by atoms with Crippen LogP contribution in [-0.4, -0.2) is 251 Å². The molecule has 28 heteroatoms. The molecule has 26 nitrogen and oxygen atoms in total. The van der Waals surface area contributed by atoms with Crippen LogP contribution in [-0.2, 0) is 70.9 Å². The van der Waals surface area contributed by atoms with Gasteiger partial charge in [0.05, 0.1) is 157 Å². The quantitative estimate of drug-likeness (QED) is 0.0308.